The third kappa shape index (κ3) is 2.17. The highest BCUT2D eigenvalue weighted by molar-refractivity contribution is 5.93. The van der Waals surface area contributed by atoms with Gasteiger partial charge in [-0.25, -0.2) is 4.98 Å². The second-order valence-corrected chi connectivity index (χ2v) is 5.72. The number of fused-ring (bicyclic) bond motifs is 3. The van der Waals surface area contributed by atoms with Crippen LogP contribution in [-0.2, 0) is 0 Å². The zero-order chi connectivity index (χ0) is 16.6. The molecule has 25 heavy (non-hydrogen) atoms. The Labute approximate surface area is 143 Å². The summed E-state index contributed by atoms with van der Waals surface area (Å²) in [6.45, 7) is 0. The largest absolute Gasteiger partial charge is 0.256 e. The molecule has 5 rings (SSSR count). The molecule has 0 spiro atoms. The molecule has 118 valence electrons. The molecule has 0 atom stereocenters. The van der Waals surface area contributed by atoms with Crippen LogP contribution in [0.25, 0.3) is 39.5 Å². The van der Waals surface area contributed by atoms with Crippen molar-refractivity contribution >= 4 is 16.6 Å². The van der Waals surface area contributed by atoms with Crippen molar-refractivity contribution in [1.82, 2.24) is 24.6 Å². The van der Waals surface area contributed by atoms with Crippen molar-refractivity contribution in [3.05, 3.63) is 79.0 Å². The average Bonchev–Trinajstić information content (AvgIpc) is 3.14. The zero-order valence-electron chi connectivity index (χ0n) is 13.2. The molecule has 0 bridgehead atoms. The van der Waals surface area contributed by atoms with Crippen molar-refractivity contribution in [2.75, 3.05) is 0 Å². The van der Waals surface area contributed by atoms with Gasteiger partial charge in [0.1, 0.15) is 11.5 Å². The Kier molecular flexibility index (Phi) is 3.03. The fraction of sp³-hybridized carbons (Fsp3) is 0. The summed E-state index contributed by atoms with van der Waals surface area (Å²) in [4.78, 5) is 9.32. The highest BCUT2D eigenvalue weighted by atomic mass is 15.3. The predicted molar refractivity (Wildman–Crippen MR) is 97.0 cm³/mol. The monoisotopic (exact) mass is 323 g/mol. The number of para-hydroxylation sites is 1. The third-order valence-electron chi connectivity index (χ3n) is 4.17. The first-order chi connectivity index (χ1) is 12.4. The minimum atomic E-state index is 0.688. The summed E-state index contributed by atoms with van der Waals surface area (Å²) in [6, 6.07) is 23.8. The Balaban J connectivity index is 1.94. The molecule has 0 unspecified atom stereocenters. The predicted octanol–water partition coefficient (Wildman–Crippen LogP) is 4.01. The van der Waals surface area contributed by atoms with Gasteiger partial charge in [-0.1, -0.05) is 48.5 Å². The molecule has 0 fully saturated rings. The van der Waals surface area contributed by atoms with Crippen LogP contribution in [0.4, 0.5) is 0 Å². The van der Waals surface area contributed by atoms with E-state index in [1.54, 1.807) is 6.20 Å². The number of nitrogens with zero attached hydrogens (tertiary/aromatic N) is 5. The van der Waals surface area contributed by atoms with Crippen LogP contribution in [-0.4, -0.2) is 24.6 Å². The molecule has 0 aliphatic carbocycles. The average molecular weight is 323 g/mol. The standard InChI is InChI=1S/C20H13N5/c1-2-8-14(9-3-1)18-22-16-11-5-4-10-15(16)19-23-24-20(25(18)19)17-12-6-7-13-21-17/h1-13H. The molecular formula is C20H13N5. The van der Waals surface area contributed by atoms with Gasteiger partial charge >= 0.3 is 0 Å². The lowest BCUT2D eigenvalue weighted by atomic mass is 10.1. The Bertz CT molecular complexity index is 1180. The van der Waals surface area contributed by atoms with E-state index in [4.69, 9.17) is 4.98 Å². The maximum Gasteiger partial charge on any atom is 0.188 e. The number of pyridine rings is 1. The van der Waals surface area contributed by atoms with E-state index in [-0.39, 0.29) is 0 Å². The molecule has 0 saturated heterocycles. The Morgan fingerprint density at radius 3 is 2.32 bits per heavy atom. The molecule has 5 nitrogen and oxygen atoms in total. The second kappa shape index (κ2) is 5.49. The van der Waals surface area contributed by atoms with E-state index in [0.717, 1.165) is 33.6 Å². The van der Waals surface area contributed by atoms with Gasteiger partial charge in [0, 0.05) is 17.1 Å². The maximum absolute atomic E-state index is 4.89. The number of aromatic nitrogens is 5. The van der Waals surface area contributed by atoms with Crippen molar-refractivity contribution < 1.29 is 0 Å². The first-order valence-corrected chi connectivity index (χ1v) is 8.02. The highest BCUT2D eigenvalue weighted by Gasteiger charge is 2.17. The molecule has 5 heteroatoms. The Morgan fingerprint density at radius 2 is 1.48 bits per heavy atom. The van der Waals surface area contributed by atoms with Crippen molar-refractivity contribution in [2.24, 2.45) is 0 Å². The van der Waals surface area contributed by atoms with Gasteiger partial charge in [-0.05, 0) is 24.3 Å². The molecular weight excluding hydrogens is 310 g/mol. The summed E-state index contributed by atoms with van der Waals surface area (Å²) < 4.78 is 1.99. The van der Waals surface area contributed by atoms with Crippen molar-refractivity contribution in [3.63, 3.8) is 0 Å². The lowest BCUT2D eigenvalue weighted by Crippen LogP contribution is -2.00. The van der Waals surface area contributed by atoms with Crippen LogP contribution in [0.3, 0.4) is 0 Å². The van der Waals surface area contributed by atoms with Gasteiger partial charge in [-0.3, -0.25) is 9.38 Å². The van der Waals surface area contributed by atoms with Gasteiger partial charge in [0.05, 0.1) is 5.52 Å². The van der Waals surface area contributed by atoms with E-state index in [1.807, 2.05) is 77.2 Å². The van der Waals surface area contributed by atoms with Crippen LogP contribution in [0, 0.1) is 0 Å². The van der Waals surface area contributed by atoms with Crippen molar-refractivity contribution in [3.8, 4) is 22.9 Å². The van der Waals surface area contributed by atoms with Crippen LogP contribution in [0.1, 0.15) is 0 Å². The smallest absolute Gasteiger partial charge is 0.188 e. The number of hydrogen-bond donors (Lipinski definition) is 0. The SMILES string of the molecule is c1ccc(-c2nc3ccccc3c3nnc(-c4ccccn4)n23)cc1. The summed E-state index contributed by atoms with van der Waals surface area (Å²) in [5.41, 5.74) is 3.46. The van der Waals surface area contributed by atoms with Crippen molar-refractivity contribution in [1.29, 1.82) is 0 Å². The molecule has 0 radical (unpaired) electrons. The second-order valence-electron chi connectivity index (χ2n) is 5.72. The fourth-order valence-corrected chi connectivity index (χ4v) is 3.03. The third-order valence-corrected chi connectivity index (χ3v) is 4.17. The fourth-order valence-electron chi connectivity index (χ4n) is 3.03. The topological polar surface area (TPSA) is 56.0 Å². The van der Waals surface area contributed by atoms with E-state index >= 15 is 0 Å². The van der Waals surface area contributed by atoms with E-state index < -0.39 is 0 Å². The summed E-state index contributed by atoms with van der Waals surface area (Å²) in [5, 5.41) is 9.82. The van der Waals surface area contributed by atoms with Gasteiger partial charge in [-0.2, -0.15) is 0 Å². The maximum atomic E-state index is 4.89. The van der Waals surface area contributed by atoms with Crippen LogP contribution in [0.2, 0.25) is 0 Å². The van der Waals surface area contributed by atoms with E-state index in [9.17, 15) is 0 Å². The van der Waals surface area contributed by atoms with Crippen LogP contribution in [0.5, 0.6) is 0 Å². The normalized spacial score (nSPS) is 11.2. The number of hydrogen-bond acceptors (Lipinski definition) is 4. The Hall–Kier alpha value is -3.60. The van der Waals surface area contributed by atoms with Crippen molar-refractivity contribution in [2.45, 2.75) is 0 Å². The zero-order valence-corrected chi connectivity index (χ0v) is 13.2. The minimum absolute atomic E-state index is 0.688. The first kappa shape index (κ1) is 13.8. The van der Waals surface area contributed by atoms with Gasteiger partial charge in [0.2, 0.25) is 0 Å². The molecule has 5 aromatic rings. The van der Waals surface area contributed by atoms with E-state index in [0.29, 0.717) is 5.82 Å². The molecule has 0 amide bonds. The molecule has 3 aromatic heterocycles. The minimum Gasteiger partial charge on any atom is -0.256 e. The van der Waals surface area contributed by atoms with Crippen LogP contribution in [0.15, 0.2) is 79.0 Å². The molecule has 0 saturated carbocycles. The van der Waals surface area contributed by atoms with Crippen LogP contribution >= 0.6 is 0 Å². The van der Waals surface area contributed by atoms with E-state index in [2.05, 4.69) is 15.2 Å². The quantitative estimate of drug-likeness (QED) is 0.492. The highest BCUT2D eigenvalue weighted by Crippen LogP contribution is 2.28. The number of benzene rings is 2. The number of rotatable bonds is 2. The lowest BCUT2D eigenvalue weighted by molar-refractivity contribution is 1.08. The van der Waals surface area contributed by atoms with Gasteiger partial charge in [-0.15, -0.1) is 10.2 Å². The van der Waals surface area contributed by atoms with Gasteiger partial charge in [0.25, 0.3) is 0 Å². The summed E-state index contributed by atoms with van der Waals surface area (Å²) in [7, 11) is 0. The van der Waals surface area contributed by atoms with E-state index in [1.165, 1.54) is 0 Å². The molecule has 0 aliphatic heterocycles. The molecule has 3 heterocycles. The molecule has 2 aromatic carbocycles. The summed E-state index contributed by atoms with van der Waals surface area (Å²) in [5.74, 6) is 1.49. The summed E-state index contributed by atoms with van der Waals surface area (Å²) >= 11 is 0. The van der Waals surface area contributed by atoms with Gasteiger partial charge < -0.3 is 0 Å². The molecule has 0 N–H and O–H groups in total. The van der Waals surface area contributed by atoms with Crippen LogP contribution < -0.4 is 0 Å². The molecule has 0 aliphatic rings. The van der Waals surface area contributed by atoms with Gasteiger partial charge in [0.15, 0.2) is 11.5 Å². The lowest BCUT2D eigenvalue weighted by Gasteiger charge is -2.09. The first-order valence-electron chi connectivity index (χ1n) is 8.02. The Morgan fingerprint density at radius 1 is 0.680 bits per heavy atom. The summed E-state index contributed by atoms with van der Waals surface area (Å²) in [6.07, 6.45) is 1.76.